The van der Waals surface area contributed by atoms with Crippen LogP contribution in [0.5, 0.6) is 0 Å². The van der Waals surface area contributed by atoms with Crippen molar-refractivity contribution in [3.8, 4) is 6.07 Å². The summed E-state index contributed by atoms with van der Waals surface area (Å²) in [7, 11) is 0. The lowest BCUT2D eigenvalue weighted by molar-refractivity contribution is 0.122. The van der Waals surface area contributed by atoms with Gasteiger partial charge in [0, 0.05) is 29.8 Å². The van der Waals surface area contributed by atoms with Crippen LogP contribution in [0.15, 0.2) is 22.7 Å². The first-order valence-corrected chi connectivity index (χ1v) is 9.03. The summed E-state index contributed by atoms with van der Waals surface area (Å²) in [6.45, 7) is 3.83. The van der Waals surface area contributed by atoms with Crippen molar-refractivity contribution >= 4 is 49.8 Å². The quantitative estimate of drug-likeness (QED) is 0.824. The van der Waals surface area contributed by atoms with Crippen LogP contribution in [-0.4, -0.2) is 30.7 Å². The number of hydrogen-bond donors (Lipinski definition) is 1. The molecule has 0 amide bonds. The molecule has 1 aromatic heterocycles. The lowest BCUT2D eigenvalue weighted by Gasteiger charge is -2.31. The zero-order valence-electron chi connectivity index (χ0n) is 12.2. The smallest absolute Gasteiger partial charge is 0.162 e. The van der Waals surface area contributed by atoms with Gasteiger partial charge in [0.25, 0.3) is 0 Å². The molecular formula is C15H14BrClN4OS. The monoisotopic (exact) mass is 412 g/mol. The number of aromatic nitrogens is 1. The van der Waals surface area contributed by atoms with Gasteiger partial charge in [0.2, 0.25) is 0 Å². The van der Waals surface area contributed by atoms with E-state index in [0.717, 1.165) is 36.3 Å². The lowest BCUT2D eigenvalue weighted by Crippen LogP contribution is -2.36. The van der Waals surface area contributed by atoms with E-state index in [9.17, 15) is 0 Å². The van der Waals surface area contributed by atoms with Crippen LogP contribution in [0.1, 0.15) is 11.1 Å². The number of rotatable bonds is 4. The standard InChI is InChI=1S/C15H14BrClN4OS/c16-11-2-1-10(13(7-11)21-3-5-22-6-4-21)9-19-15-12(8-18)14(17)20-23-15/h1-2,7,19H,3-6,9H2. The molecule has 1 N–H and O–H groups in total. The molecule has 8 heteroatoms. The highest BCUT2D eigenvalue weighted by Gasteiger charge is 2.16. The maximum atomic E-state index is 9.14. The van der Waals surface area contributed by atoms with E-state index in [1.807, 2.05) is 6.07 Å². The first kappa shape index (κ1) is 16.5. The molecule has 0 spiro atoms. The maximum Gasteiger partial charge on any atom is 0.162 e. The molecule has 0 saturated carbocycles. The number of halogens is 2. The largest absolute Gasteiger partial charge is 0.378 e. The fraction of sp³-hybridized carbons (Fsp3) is 0.333. The summed E-state index contributed by atoms with van der Waals surface area (Å²) in [5, 5.41) is 13.4. The van der Waals surface area contributed by atoms with Crippen LogP contribution >= 0.6 is 39.1 Å². The first-order valence-electron chi connectivity index (χ1n) is 7.09. The third kappa shape index (κ3) is 3.78. The Labute approximate surface area is 152 Å². The van der Waals surface area contributed by atoms with Crippen molar-refractivity contribution in [1.82, 2.24) is 4.37 Å². The second kappa shape index (κ2) is 7.49. The Balaban J connectivity index is 1.81. The molecule has 0 unspecified atom stereocenters. The number of anilines is 2. The van der Waals surface area contributed by atoms with Gasteiger partial charge in [-0.3, -0.25) is 0 Å². The summed E-state index contributed by atoms with van der Waals surface area (Å²) in [4.78, 5) is 2.32. The van der Waals surface area contributed by atoms with Crippen molar-refractivity contribution in [2.24, 2.45) is 0 Å². The van der Waals surface area contributed by atoms with Crippen molar-refractivity contribution < 1.29 is 4.74 Å². The Kier molecular flexibility index (Phi) is 5.38. The third-order valence-corrected chi connectivity index (χ3v) is 5.27. The molecule has 3 rings (SSSR count). The van der Waals surface area contributed by atoms with Gasteiger partial charge < -0.3 is 15.0 Å². The Morgan fingerprint density at radius 2 is 2.22 bits per heavy atom. The highest BCUT2D eigenvalue weighted by atomic mass is 79.9. The second-order valence-corrected chi connectivity index (χ2v) is 7.06. The molecule has 1 aliphatic heterocycles. The number of ether oxygens (including phenoxy) is 1. The van der Waals surface area contributed by atoms with Crippen LogP contribution < -0.4 is 10.2 Å². The molecule has 0 radical (unpaired) electrons. The van der Waals surface area contributed by atoms with Gasteiger partial charge >= 0.3 is 0 Å². The highest BCUT2D eigenvalue weighted by Crippen LogP contribution is 2.30. The molecule has 1 fully saturated rings. The van der Waals surface area contributed by atoms with Crippen molar-refractivity contribution in [3.63, 3.8) is 0 Å². The van der Waals surface area contributed by atoms with E-state index in [-0.39, 0.29) is 5.15 Å². The molecule has 1 saturated heterocycles. The van der Waals surface area contributed by atoms with Crippen molar-refractivity contribution in [3.05, 3.63) is 39.0 Å². The predicted molar refractivity (Wildman–Crippen MR) is 96.3 cm³/mol. The van der Waals surface area contributed by atoms with Crippen LogP contribution in [0.25, 0.3) is 0 Å². The van der Waals surface area contributed by atoms with Crippen molar-refractivity contribution in [1.29, 1.82) is 5.26 Å². The summed E-state index contributed by atoms with van der Waals surface area (Å²) in [6.07, 6.45) is 0. The molecule has 1 aromatic carbocycles. The summed E-state index contributed by atoms with van der Waals surface area (Å²) < 4.78 is 10.5. The molecule has 0 atom stereocenters. The third-order valence-electron chi connectivity index (χ3n) is 3.60. The fourth-order valence-electron chi connectivity index (χ4n) is 2.45. The Bertz CT molecular complexity index is 740. The molecule has 120 valence electrons. The first-order chi connectivity index (χ1) is 11.2. The number of benzene rings is 1. The van der Waals surface area contributed by atoms with E-state index in [1.54, 1.807) is 0 Å². The summed E-state index contributed by atoms with van der Waals surface area (Å²) >= 11 is 10.7. The maximum absolute atomic E-state index is 9.14. The summed E-state index contributed by atoms with van der Waals surface area (Å²) in [6, 6.07) is 8.30. The summed E-state index contributed by atoms with van der Waals surface area (Å²) in [5.41, 5.74) is 2.73. The average Bonchev–Trinajstić information content (AvgIpc) is 2.94. The molecule has 1 aliphatic rings. The number of nitrogens with one attached hydrogen (secondary N) is 1. The van der Waals surface area contributed by atoms with Crippen LogP contribution in [0.3, 0.4) is 0 Å². The van der Waals surface area contributed by atoms with Crippen molar-refractivity contribution in [2.45, 2.75) is 6.54 Å². The van der Waals surface area contributed by atoms with Gasteiger partial charge in [0.05, 0.1) is 13.2 Å². The molecule has 5 nitrogen and oxygen atoms in total. The van der Waals surface area contributed by atoms with Crippen LogP contribution in [0.2, 0.25) is 5.15 Å². The minimum Gasteiger partial charge on any atom is -0.378 e. The predicted octanol–water partition coefficient (Wildman–Crippen LogP) is 3.88. The van der Waals surface area contributed by atoms with E-state index < -0.39 is 0 Å². The van der Waals surface area contributed by atoms with Gasteiger partial charge in [-0.1, -0.05) is 33.6 Å². The lowest BCUT2D eigenvalue weighted by atomic mass is 10.1. The molecule has 0 aliphatic carbocycles. The topological polar surface area (TPSA) is 61.2 Å². The zero-order valence-corrected chi connectivity index (χ0v) is 15.3. The number of hydrogen-bond acceptors (Lipinski definition) is 6. The minimum absolute atomic E-state index is 0.254. The molecule has 23 heavy (non-hydrogen) atoms. The molecule has 2 heterocycles. The Morgan fingerprint density at radius 3 is 2.96 bits per heavy atom. The summed E-state index contributed by atoms with van der Waals surface area (Å²) in [5.74, 6) is 0. The highest BCUT2D eigenvalue weighted by molar-refractivity contribution is 9.10. The van der Waals surface area contributed by atoms with Gasteiger partial charge in [0.1, 0.15) is 16.6 Å². The molecule has 0 bridgehead atoms. The fourth-order valence-corrected chi connectivity index (χ4v) is 3.73. The Hall–Kier alpha value is -1.33. The van der Waals surface area contributed by atoms with E-state index in [4.69, 9.17) is 21.6 Å². The van der Waals surface area contributed by atoms with Gasteiger partial charge in [-0.05, 0) is 29.2 Å². The zero-order chi connectivity index (χ0) is 16.2. The van der Waals surface area contributed by atoms with Crippen LogP contribution in [-0.2, 0) is 11.3 Å². The number of nitrogens with zero attached hydrogens (tertiary/aromatic N) is 3. The van der Waals surface area contributed by atoms with E-state index in [0.29, 0.717) is 17.1 Å². The normalized spacial score (nSPS) is 14.6. The van der Waals surface area contributed by atoms with E-state index in [2.05, 4.69) is 48.7 Å². The average molecular weight is 414 g/mol. The number of morpholine rings is 1. The minimum atomic E-state index is 0.254. The van der Waals surface area contributed by atoms with Crippen molar-refractivity contribution in [2.75, 3.05) is 36.5 Å². The van der Waals surface area contributed by atoms with Gasteiger partial charge in [-0.15, -0.1) is 0 Å². The number of nitriles is 1. The van der Waals surface area contributed by atoms with Crippen LogP contribution in [0.4, 0.5) is 10.7 Å². The van der Waals surface area contributed by atoms with E-state index in [1.165, 1.54) is 17.2 Å². The molecular weight excluding hydrogens is 400 g/mol. The second-order valence-electron chi connectivity index (χ2n) is 5.02. The van der Waals surface area contributed by atoms with Crippen LogP contribution in [0, 0.1) is 11.3 Å². The van der Waals surface area contributed by atoms with E-state index >= 15 is 0 Å². The molecule has 2 aromatic rings. The Morgan fingerprint density at radius 1 is 1.43 bits per heavy atom. The van der Waals surface area contributed by atoms with Gasteiger partial charge in [-0.2, -0.15) is 9.64 Å². The van der Waals surface area contributed by atoms with Gasteiger partial charge in [0.15, 0.2) is 5.15 Å². The SMILES string of the molecule is N#Cc1c(Cl)nsc1NCc1ccc(Br)cc1N1CCOCC1. The van der Waals surface area contributed by atoms with Gasteiger partial charge in [-0.25, -0.2) is 0 Å².